The van der Waals surface area contributed by atoms with E-state index in [1.54, 1.807) is 0 Å². The van der Waals surface area contributed by atoms with E-state index in [2.05, 4.69) is 11.2 Å². The minimum Gasteiger partial charge on any atom is -0.467 e. The fraction of sp³-hybridized carbons (Fsp3) is 0.480. The molecule has 13 heteroatoms. The monoisotopic (exact) mass is 535 g/mol. The maximum Gasteiger partial charge on any atom is 0.339 e. The van der Waals surface area contributed by atoms with Gasteiger partial charge in [-0.25, -0.2) is 4.79 Å². The molecule has 1 aliphatic rings. The number of hydrogen-bond donors (Lipinski definition) is 2. The quantitative estimate of drug-likeness (QED) is 0.243. The molecule has 1 heterocycles. The number of carbonyl (C=O) groups is 5. The number of hydrogen-bond acceptors (Lipinski definition) is 12. The van der Waals surface area contributed by atoms with Crippen molar-refractivity contribution in [3.63, 3.8) is 0 Å². The minimum absolute atomic E-state index is 0.00169. The molecule has 1 saturated heterocycles. The van der Waals surface area contributed by atoms with Crippen LogP contribution in [-0.4, -0.2) is 72.7 Å². The predicted octanol–water partition coefficient (Wildman–Crippen LogP) is 0.603. The largest absolute Gasteiger partial charge is 0.467 e. The first-order valence-corrected chi connectivity index (χ1v) is 11.4. The number of carbonyl (C=O) groups excluding carboxylic acids is 5. The Balaban J connectivity index is 2.55. The molecule has 38 heavy (non-hydrogen) atoms. The van der Waals surface area contributed by atoms with Crippen molar-refractivity contribution in [2.24, 2.45) is 0 Å². The van der Waals surface area contributed by atoms with Crippen molar-refractivity contribution in [3.05, 3.63) is 23.8 Å². The van der Waals surface area contributed by atoms with Gasteiger partial charge in [0, 0.05) is 33.6 Å². The number of aliphatic hydroxyl groups is 1. The van der Waals surface area contributed by atoms with Gasteiger partial charge in [0.05, 0.1) is 19.4 Å². The Hall–Kier alpha value is -4.15. The first-order chi connectivity index (χ1) is 18.0. The van der Waals surface area contributed by atoms with E-state index in [0.29, 0.717) is 5.56 Å². The molecule has 5 atom stereocenters. The van der Waals surface area contributed by atoms with Gasteiger partial charge in [0.15, 0.2) is 18.3 Å². The smallest absolute Gasteiger partial charge is 0.339 e. The van der Waals surface area contributed by atoms with Crippen LogP contribution >= 0.6 is 0 Å². The number of amides is 1. The van der Waals surface area contributed by atoms with Crippen molar-refractivity contribution in [3.8, 4) is 18.1 Å². The van der Waals surface area contributed by atoms with Crippen LogP contribution < -0.4 is 10.1 Å². The molecule has 1 fully saturated rings. The second-order valence-electron chi connectivity index (χ2n) is 8.03. The Morgan fingerprint density at radius 2 is 1.61 bits per heavy atom. The SMILES string of the molecule is C#CCCC(=O)Nc1cc(CO)ccc1O[C@@H]1O[C@H](C(=O)OC)[C@@H](OC(C)=O)[C@H](OC(C)=O)[C@H]1OC(C)=O. The summed E-state index contributed by atoms with van der Waals surface area (Å²) in [6, 6.07) is 4.30. The maximum atomic E-state index is 12.6. The Morgan fingerprint density at radius 1 is 1.00 bits per heavy atom. The first-order valence-electron chi connectivity index (χ1n) is 11.4. The molecule has 0 bridgehead atoms. The normalized spacial score (nSPS) is 22.3. The van der Waals surface area contributed by atoms with Crippen molar-refractivity contribution in [2.75, 3.05) is 12.4 Å². The van der Waals surface area contributed by atoms with Crippen LogP contribution in [-0.2, 0) is 54.3 Å². The van der Waals surface area contributed by atoms with E-state index < -0.39 is 60.5 Å². The summed E-state index contributed by atoms with van der Waals surface area (Å²) in [6.07, 6.45) is -2.55. The highest BCUT2D eigenvalue weighted by Gasteiger charge is 2.56. The highest BCUT2D eigenvalue weighted by atomic mass is 16.7. The lowest BCUT2D eigenvalue weighted by atomic mass is 9.97. The molecule has 1 amide bonds. The fourth-order valence-corrected chi connectivity index (χ4v) is 3.57. The summed E-state index contributed by atoms with van der Waals surface area (Å²) in [6.45, 7) is 2.83. The van der Waals surface area contributed by atoms with Gasteiger partial charge in [0.2, 0.25) is 18.3 Å². The number of terminal acetylenes is 1. The van der Waals surface area contributed by atoms with E-state index in [1.165, 1.54) is 18.2 Å². The summed E-state index contributed by atoms with van der Waals surface area (Å²) in [7, 11) is 1.06. The Labute approximate surface area is 218 Å². The Bertz CT molecular complexity index is 1090. The van der Waals surface area contributed by atoms with Gasteiger partial charge in [-0.2, -0.15) is 0 Å². The van der Waals surface area contributed by atoms with Crippen LogP contribution in [0.1, 0.15) is 39.2 Å². The summed E-state index contributed by atoms with van der Waals surface area (Å²) < 4.78 is 32.2. The number of methoxy groups -OCH3 is 1. The van der Waals surface area contributed by atoms with Crippen molar-refractivity contribution in [2.45, 2.75) is 70.9 Å². The van der Waals surface area contributed by atoms with E-state index in [9.17, 15) is 29.1 Å². The number of esters is 4. The zero-order valence-electron chi connectivity index (χ0n) is 21.3. The molecule has 206 valence electrons. The molecule has 1 aliphatic heterocycles. The van der Waals surface area contributed by atoms with Gasteiger partial charge in [-0.15, -0.1) is 12.3 Å². The topological polar surface area (TPSA) is 173 Å². The van der Waals surface area contributed by atoms with E-state index in [4.69, 9.17) is 34.8 Å². The number of anilines is 1. The highest BCUT2D eigenvalue weighted by Crippen LogP contribution is 2.34. The van der Waals surface area contributed by atoms with Crippen LogP contribution in [0.5, 0.6) is 5.75 Å². The van der Waals surface area contributed by atoms with Gasteiger partial charge in [0.1, 0.15) is 5.75 Å². The summed E-state index contributed by atoms with van der Waals surface area (Å²) in [4.78, 5) is 60.6. The zero-order valence-corrected chi connectivity index (χ0v) is 21.3. The number of benzene rings is 1. The molecule has 13 nitrogen and oxygen atoms in total. The molecule has 0 radical (unpaired) electrons. The second kappa shape index (κ2) is 14.0. The third-order valence-electron chi connectivity index (χ3n) is 5.07. The number of nitrogens with one attached hydrogen (secondary N) is 1. The second-order valence-corrected chi connectivity index (χ2v) is 8.03. The van der Waals surface area contributed by atoms with Gasteiger partial charge >= 0.3 is 23.9 Å². The average molecular weight is 536 g/mol. The molecular formula is C25H29NO12. The Kier molecular flexibility index (Phi) is 11.1. The molecule has 2 rings (SSSR count). The Morgan fingerprint density at radius 3 is 2.16 bits per heavy atom. The van der Waals surface area contributed by atoms with Gasteiger partial charge < -0.3 is 38.8 Å². The number of ether oxygens (including phenoxy) is 6. The van der Waals surface area contributed by atoms with Crippen LogP contribution in [0.25, 0.3) is 0 Å². The molecule has 1 aromatic rings. The lowest BCUT2D eigenvalue weighted by Gasteiger charge is -2.43. The molecule has 0 spiro atoms. The molecule has 0 aromatic heterocycles. The highest BCUT2D eigenvalue weighted by molar-refractivity contribution is 5.92. The van der Waals surface area contributed by atoms with Crippen molar-refractivity contribution in [1.29, 1.82) is 0 Å². The average Bonchev–Trinajstić information content (AvgIpc) is 2.85. The predicted molar refractivity (Wildman–Crippen MR) is 127 cm³/mol. The molecule has 1 aromatic carbocycles. The van der Waals surface area contributed by atoms with Crippen molar-refractivity contribution in [1.82, 2.24) is 0 Å². The molecule has 2 N–H and O–H groups in total. The third-order valence-corrected chi connectivity index (χ3v) is 5.07. The maximum absolute atomic E-state index is 12.6. The first kappa shape index (κ1) is 30.1. The van der Waals surface area contributed by atoms with E-state index in [-0.39, 0.29) is 30.9 Å². The molecule has 0 aliphatic carbocycles. The fourth-order valence-electron chi connectivity index (χ4n) is 3.57. The van der Waals surface area contributed by atoms with Crippen LogP contribution in [0.2, 0.25) is 0 Å². The number of aliphatic hydroxyl groups excluding tert-OH is 1. The van der Waals surface area contributed by atoms with Gasteiger partial charge in [-0.1, -0.05) is 6.07 Å². The van der Waals surface area contributed by atoms with Gasteiger partial charge in [0.25, 0.3) is 0 Å². The van der Waals surface area contributed by atoms with Crippen molar-refractivity contribution < 1.29 is 57.5 Å². The van der Waals surface area contributed by atoms with Gasteiger partial charge in [-0.3, -0.25) is 19.2 Å². The standard InChI is InChI=1S/C25H29NO12/c1-6-7-8-19(31)26-17-11-16(12-27)9-10-18(17)37-25-23(36-15(4)30)21(35-14(3)29)20(34-13(2)28)22(38-25)24(32)33-5/h1,9-11,20-23,25,27H,7-8,12H2,2-5H3,(H,26,31)/t20-,21-,22-,23+,25+/m0/s1. The van der Waals surface area contributed by atoms with E-state index in [1.807, 2.05) is 0 Å². The summed E-state index contributed by atoms with van der Waals surface area (Å²) in [5, 5.41) is 12.1. The molecule has 0 saturated carbocycles. The summed E-state index contributed by atoms with van der Waals surface area (Å²) in [5.74, 6) is -1.65. The lowest BCUT2D eigenvalue weighted by molar-refractivity contribution is -0.282. The zero-order chi connectivity index (χ0) is 28.4. The van der Waals surface area contributed by atoms with Crippen LogP contribution in [0.3, 0.4) is 0 Å². The van der Waals surface area contributed by atoms with Crippen LogP contribution in [0.15, 0.2) is 18.2 Å². The molecule has 0 unspecified atom stereocenters. The lowest BCUT2D eigenvalue weighted by Crippen LogP contribution is -2.64. The van der Waals surface area contributed by atoms with E-state index in [0.717, 1.165) is 27.9 Å². The third kappa shape index (κ3) is 8.19. The van der Waals surface area contributed by atoms with Crippen LogP contribution in [0, 0.1) is 12.3 Å². The minimum atomic E-state index is -1.66. The van der Waals surface area contributed by atoms with Crippen LogP contribution in [0.4, 0.5) is 5.69 Å². The molecular weight excluding hydrogens is 506 g/mol. The summed E-state index contributed by atoms with van der Waals surface area (Å²) >= 11 is 0. The number of rotatable bonds is 10. The van der Waals surface area contributed by atoms with E-state index >= 15 is 0 Å². The van der Waals surface area contributed by atoms with Crippen molar-refractivity contribution >= 4 is 35.5 Å². The summed E-state index contributed by atoms with van der Waals surface area (Å²) in [5.41, 5.74) is 0.523. The van der Waals surface area contributed by atoms with Gasteiger partial charge in [-0.05, 0) is 17.7 Å².